The molecule has 0 spiro atoms. The molecule has 0 amide bonds. The summed E-state index contributed by atoms with van der Waals surface area (Å²) >= 11 is 3.34. The van der Waals surface area contributed by atoms with E-state index in [1.807, 2.05) is 0 Å². The van der Waals surface area contributed by atoms with Gasteiger partial charge in [-0.2, -0.15) is 0 Å². The Labute approximate surface area is 170 Å². The molecule has 0 aliphatic rings. The molecule has 2 heteroatoms. The molecule has 0 saturated heterocycles. The third kappa shape index (κ3) is 3.63. The molecule has 0 heterocycles. The number of hydrogen-bond donors (Lipinski definition) is 0. The number of benzene rings is 4. The fourth-order valence-electron chi connectivity index (χ4n) is 3.36. The topological polar surface area (TPSA) is 0 Å². The Morgan fingerprint density at radius 1 is 0.462 bits per heavy atom. The molecule has 26 heavy (non-hydrogen) atoms. The molecule has 0 nitrogen and oxygen atoms in total. The lowest BCUT2D eigenvalue weighted by atomic mass is 9.93. The first-order valence-corrected chi connectivity index (χ1v) is 13.4. The van der Waals surface area contributed by atoms with Gasteiger partial charge in [-0.3, -0.25) is 12.9 Å². The van der Waals surface area contributed by atoms with Gasteiger partial charge in [0.1, 0.15) is 0 Å². The third-order valence-corrected chi connectivity index (χ3v) is 7.37. The summed E-state index contributed by atoms with van der Waals surface area (Å²) in [7, 11) is 0. The van der Waals surface area contributed by atoms with Crippen LogP contribution in [0.2, 0.25) is 0 Å². The first-order valence-electron chi connectivity index (χ1n) is 8.76. The zero-order chi connectivity index (χ0) is 17.8. The van der Waals surface area contributed by atoms with E-state index in [2.05, 4.69) is 116 Å². The monoisotopic (exact) mass is 408 g/mol. The molecule has 4 aromatic rings. The molecule has 0 radical (unpaired) electrons. The van der Waals surface area contributed by atoms with Crippen LogP contribution in [-0.2, 0) is 0 Å². The molecule has 0 unspecified atom stereocenters. The van der Waals surface area contributed by atoms with E-state index in [4.69, 9.17) is 0 Å². The summed E-state index contributed by atoms with van der Waals surface area (Å²) in [4.78, 5) is 0. The highest BCUT2D eigenvalue weighted by Crippen LogP contribution is 2.31. The minimum absolute atomic E-state index is 0.538. The average molecular weight is 410 g/mol. The fourth-order valence-corrected chi connectivity index (χ4v) is 6.08. The minimum atomic E-state index is -0.538. The Morgan fingerprint density at radius 2 is 0.846 bits per heavy atom. The maximum atomic E-state index is 3.87. The summed E-state index contributed by atoms with van der Waals surface area (Å²) in [5.74, 6) is 0. The van der Waals surface area contributed by atoms with Gasteiger partial charge < -0.3 is 0 Å². The highest BCUT2D eigenvalue weighted by molar-refractivity contribution is 9.23. The van der Waals surface area contributed by atoms with Crippen molar-refractivity contribution in [3.8, 4) is 33.4 Å². The van der Waals surface area contributed by atoms with Crippen LogP contribution in [0.3, 0.4) is 0 Å². The molecule has 0 aliphatic carbocycles. The lowest BCUT2D eigenvalue weighted by molar-refractivity contribution is 1.59. The normalized spacial score (nSPS) is 10.3. The summed E-state index contributed by atoms with van der Waals surface area (Å²) in [6, 6.07) is 36.8. The number of rotatable bonds is 4. The van der Waals surface area contributed by atoms with Gasteiger partial charge in [0, 0.05) is 0 Å². The van der Waals surface area contributed by atoms with Crippen LogP contribution in [0.15, 0.2) is 103 Å². The van der Waals surface area contributed by atoms with Crippen molar-refractivity contribution in [2.45, 2.75) is 0 Å². The van der Waals surface area contributed by atoms with Crippen molar-refractivity contribution >= 4 is 34.8 Å². The number of halogens is 1. The zero-order valence-electron chi connectivity index (χ0n) is 14.4. The lowest BCUT2D eigenvalue weighted by Crippen LogP contribution is -2.16. The van der Waals surface area contributed by atoms with Crippen LogP contribution >= 0.6 is 12.9 Å². The van der Waals surface area contributed by atoms with Crippen LogP contribution in [0.4, 0.5) is 0 Å². The van der Waals surface area contributed by atoms with Crippen molar-refractivity contribution in [1.29, 1.82) is 0 Å². The van der Waals surface area contributed by atoms with Crippen molar-refractivity contribution in [2.24, 2.45) is 0 Å². The van der Waals surface area contributed by atoms with E-state index in [0.717, 1.165) is 0 Å². The second-order valence-electron chi connectivity index (χ2n) is 6.28. The summed E-state index contributed by atoms with van der Waals surface area (Å²) in [6.07, 6.45) is 0. The van der Waals surface area contributed by atoms with Crippen LogP contribution < -0.4 is 3.69 Å². The smallest absolute Gasteiger partial charge is 0.296 e. The highest BCUT2D eigenvalue weighted by atomic mass is 79.9. The van der Waals surface area contributed by atoms with E-state index in [1.165, 1.54) is 37.1 Å². The molecule has 0 saturated carbocycles. The van der Waals surface area contributed by atoms with E-state index in [-0.39, 0.29) is 0 Å². The van der Waals surface area contributed by atoms with Crippen molar-refractivity contribution in [2.75, 3.05) is 0 Å². The van der Waals surface area contributed by atoms with Crippen molar-refractivity contribution in [3.05, 3.63) is 103 Å². The molecule has 0 atom stereocenters. The summed E-state index contributed by atoms with van der Waals surface area (Å²) < 4.78 is 1.46. The van der Waals surface area contributed by atoms with E-state index in [0.29, 0.717) is 0 Å². The van der Waals surface area contributed by atoms with Gasteiger partial charge >= 0.3 is 18.2 Å². The third-order valence-electron chi connectivity index (χ3n) is 4.66. The van der Waals surface area contributed by atoms with E-state index in [1.54, 1.807) is 0 Å². The van der Waals surface area contributed by atoms with Gasteiger partial charge in [-0.25, -0.2) is 0 Å². The van der Waals surface area contributed by atoms with E-state index < -0.39 is 18.2 Å². The SMILES string of the molecule is [Br][Mg][c]1c(-c2ccccc2)cc(-c2ccccc2)cc1-c1ccccc1. The van der Waals surface area contributed by atoms with Gasteiger partial charge in [0.2, 0.25) is 0 Å². The Hall–Kier alpha value is -1.87. The lowest BCUT2D eigenvalue weighted by Gasteiger charge is -2.18. The standard InChI is InChI=1S/C24H17.BrH.Mg/c1-4-10-19(11-5-1)22-16-23(20-12-6-2-7-13-20)18-24(17-22)21-14-8-3-9-15-21;;/h1-17H;1H;/q;;+1/p-1. The maximum Gasteiger partial charge on any atom is 0.508 e. The second kappa shape index (κ2) is 8.21. The second-order valence-corrected chi connectivity index (χ2v) is 8.94. The van der Waals surface area contributed by atoms with E-state index >= 15 is 0 Å². The van der Waals surface area contributed by atoms with Crippen LogP contribution in [-0.4, -0.2) is 18.2 Å². The molecule has 122 valence electrons. The summed E-state index contributed by atoms with van der Waals surface area (Å²) in [5, 5.41) is 0. The quantitative estimate of drug-likeness (QED) is 0.346. The van der Waals surface area contributed by atoms with Crippen LogP contribution in [0.1, 0.15) is 0 Å². The molecule has 4 rings (SSSR count). The number of hydrogen-bond acceptors (Lipinski definition) is 0. The Kier molecular flexibility index (Phi) is 5.54. The molecular formula is C24H17BrMg. The Bertz CT molecular complexity index is 936. The Morgan fingerprint density at radius 3 is 1.23 bits per heavy atom. The Balaban J connectivity index is 2.01. The van der Waals surface area contributed by atoms with Gasteiger partial charge in [-0.15, -0.1) is 3.69 Å². The molecule has 0 fully saturated rings. The predicted molar refractivity (Wildman–Crippen MR) is 117 cm³/mol. The van der Waals surface area contributed by atoms with Crippen LogP contribution in [0.25, 0.3) is 33.4 Å². The predicted octanol–water partition coefficient (Wildman–Crippen LogP) is 6.33. The molecular weight excluding hydrogens is 392 g/mol. The molecule has 4 aromatic carbocycles. The molecule has 0 aliphatic heterocycles. The van der Waals surface area contributed by atoms with Crippen LogP contribution in [0, 0.1) is 0 Å². The van der Waals surface area contributed by atoms with Gasteiger partial charge in [0.25, 0.3) is 0 Å². The van der Waals surface area contributed by atoms with E-state index in [9.17, 15) is 0 Å². The zero-order valence-corrected chi connectivity index (χ0v) is 17.4. The average Bonchev–Trinajstić information content (AvgIpc) is 2.74. The van der Waals surface area contributed by atoms with Crippen LogP contribution in [0.5, 0.6) is 0 Å². The van der Waals surface area contributed by atoms with Crippen molar-refractivity contribution in [1.82, 2.24) is 0 Å². The fraction of sp³-hybridized carbons (Fsp3) is 0. The largest absolute Gasteiger partial charge is 0.508 e. The van der Waals surface area contributed by atoms with Crippen molar-refractivity contribution < 1.29 is 0 Å². The van der Waals surface area contributed by atoms with Crippen molar-refractivity contribution in [3.63, 3.8) is 0 Å². The first kappa shape index (κ1) is 17.5. The van der Waals surface area contributed by atoms with Gasteiger partial charge in [-0.05, 0) is 45.5 Å². The molecule has 0 N–H and O–H groups in total. The van der Waals surface area contributed by atoms with Gasteiger partial charge in [0.05, 0.1) is 0 Å². The first-order chi connectivity index (χ1) is 12.9. The molecule has 0 bridgehead atoms. The summed E-state index contributed by atoms with van der Waals surface area (Å²) in [5.41, 5.74) is 7.77. The molecule has 0 aromatic heterocycles. The minimum Gasteiger partial charge on any atom is -0.296 e. The summed E-state index contributed by atoms with van der Waals surface area (Å²) in [6.45, 7) is 0. The van der Waals surface area contributed by atoms with Gasteiger partial charge in [-0.1, -0.05) is 91.0 Å². The van der Waals surface area contributed by atoms with Gasteiger partial charge in [0.15, 0.2) is 0 Å². The maximum absolute atomic E-state index is 3.87. The highest BCUT2D eigenvalue weighted by Gasteiger charge is 2.15.